The van der Waals surface area contributed by atoms with Gasteiger partial charge in [0.1, 0.15) is 5.75 Å². The van der Waals surface area contributed by atoms with Crippen molar-refractivity contribution >= 4 is 5.69 Å². The van der Waals surface area contributed by atoms with E-state index in [2.05, 4.69) is 0 Å². The topological polar surface area (TPSA) is 32.7 Å². The average Bonchev–Trinajstić information content (AvgIpc) is 2.93. The highest BCUT2D eigenvalue weighted by atomic mass is 19.4. The van der Waals surface area contributed by atoms with E-state index >= 15 is 0 Å². The van der Waals surface area contributed by atoms with Crippen molar-refractivity contribution in [2.75, 3.05) is 11.4 Å². The molecular weight excluding hydrogens is 655 g/mol. The minimum atomic E-state index is -6.78. The van der Waals surface area contributed by atoms with Crippen LogP contribution in [0.4, 0.5) is 71.5 Å². The normalized spacial score (nSPS) is 15.0. The van der Waals surface area contributed by atoms with Gasteiger partial charge in [-0.3, -0.25) is 0 Å². The van der Waals surface area contributed by atoms with Gasteiger partial charge in [0.25, 0.3) is 0 Å². The molecule has 0 saturated carbocycles. The fourth-order valence-electron chi connectivity index (χ4n) is 3.86. The summed E-state index contributed by atoms with van der Waals surface area (Å²) in [6.07, 6.45) is -23.9. The zero-order valence-electron chi connectivity index (χ0n) is 21.8. The third kappa shape index (κ3) is 7.36. The van der Waals surface area contributed by atoms with E-state index in [0.717, 1.165) is 18.2 Å². The SMILES string of the molecule is OC(CN(c1ccccc1)C(Oc1cccc(C(F)(F)C(F)(F)F)c1)c1cccc(C(F)(F)C(F)(F)C(F)(F)F)c1)C(F)(F)F. The summed E-state index contributed by atoms with van der Waals surface area (Å²) >= 11 is 0. The first-order valence-electron chi connectivity index (χ1n) is 12.1. The molecule has 0 aliphatic heterocycles. The molecule has 0 bridgehead atoms. The Morgan fingerprint density at radius 1 is 0.600 bits per heavy atom. The fourth-order valence-corrected chi connectivity index (χ4v) is 3.86. The molecule has 0 saturated heterocycles. The van der Waals surface area contributed by atoms with Crippen LogP contribution in [0.15, 0.2) is 78.9 Å². The minimum Gasteiger partial charge on any atom is -0.466 e. The summed E-state index contributed by atoms with van der Waals surface area (Å²) in [5.74, 6) is -19.1. The molecule has 3 aromatic rings. The van der Waals surface area contributed by atoms with E-state index in [4.69, 9.17) is 4.74 Å². The number of aliphatic hydroxyl groups excluding tert-OH is 1. The molecular formula is C27H18F15NO2. The number of aliphatic hydroxyl groups is 1. The monoisotopic (exact) mass is 673 g/mol. The van der Waals surface area contributed by atoms with Gasteiger partial charge in [-0.15, -0.1) is 0 Å². The number of hydrogen-bond donors (Lipinski definition) is 1. The molecule has 248 valence electrons. The summed E-state index contributed by atoms with van der Waals surface area (Å²) in [5.41, 5.74) is -4.98. The highest BCUT2D eigenvalue weighted by molar-refractivity contribution is 5.49. The maximum atomic E-state index is 14.6. The fraction of sp³-hybridized carbons (Fsp3) is 0.333. The summed E-state index contributed by atoms with van der Waals surface area (Å²) < 4.78 is 208. The summed E-state index contributed by atoms with van der Waals surface area (Å²) in [6, 6.07) is 8.93. The molecule has 3 nitrogen and oxygen atoms in total. The molecule has 0 radical (unpaired) electrons. The molecule has 3 aromatic carbocycles. The highest BCUT2D eigenvalue weighted by Gasteiger charge is 2.73. The Hall–Kier alpha value is -3.83. The number of nitrogens with zero attached hydrogens (tertiary/aromatic N) is 1. The van der Waals surface area contributed by atoms with E-state index in [0.29, 0.717) is 29.2 Å². The van der Waals surface area contributed by atoms with Crippen molar-refractivity contribution in [2.45, 2.75) is 48.6 Å². The molecule has 3 rings (SSSR count). The van der Waals surface area contributed by atoms with Crippen molar-refractivity contribution in [2.24, 2.45) is 0 Å². The van der Waals surface area contributed by atoms with Crippen LogP contribution in [0.3, 0.4) is 0 Å². The first kappa shape index (κ1) is 35.6. The van der Waals surface area contributed by atoms with E-state index in [1.54, 1.807) is 0 Å². The largest absolute Gasteiger partial charge is 0.466 e. The third-order valence-electron chi connectivity index (χ3n) is 6.20. The maximum absolute atomic E-state index is 14.6. The number of alkyl halides is 15. The molecule has 0 heterocycles. The van der Waals surface area contributed by atoms with Gasteiger partial charge < -0.3 is 14.7 Å². The second-order valence-corrected chi connectivity index (χ2v) is 9.39. The molecule has 18 heteroatoms. The predicted octanol–water partition coefficient (Wildman–Crippen LogP) is 9.14. The summed E-state index contributed by atoms with van der Waals surface area (Å²) in [5, 5.41) is 9.81. The Morgan fingerprint density at radius 3 is 1.64 bits per heavy atom. The summed E-state index contributed by atoms with van der Waals surface area (Å²) in [4.78, 5) is 0.450. The lowest BCUT2D eigenvalue weighted by Crippen LogP contribution is -2.50. The molecule has 0 aliphatic rings. The van der Waals surface area contributed by atoms with Crippen LogP contribution in [0.5, 0.6) is 5.75 Å². The van der Waals surface area contributed by atoms with Gasteiger partial charge in [-0.2, -0.15) is 65.9 Å². The number of rotatable bonds is 10. The van der Waals surface area contributed by atoms with Crippen LogP contribution in [0.25, 0.3) is 0 Å². The number of hydrogen-bond acceptors (Lipinski definition) is 3. The van der Waals surface area contributed by atoms with Crippen LogP contribution >= 0.6 is 0 Å². The second kappa shape index (κ2) is 12.2. The molecule has 0 aromatic heterocycles. The lowest BCUT2D eigenvalue weighted by Gasteiger charge is -2.36. The Kier molecular flexibility index (Phi) is 9.64. The van der Waals surface area contributed by atoms with Crippen molar-refractivity contribution in [1.29, 1.82) is 0 Å². The van der Waals surface area contributed by atoms with Crippen LogP contribution < -0.4 is 9.64 Å². The lowest BCUT2D eigenvalue weighted by molar-refractivity contribution is -0.359. The standard InChI is InChI=1S/C27H18F15NO2/c28-22(29,25(35,36)27(40,41)42)16-7-4-6-15(12-16)21(43(14-20(44)24(32,33)34)18-9-2-1-3-10-18)45-19-11-5-8-17(13-19)23(30,31)26(37,38)39/h1-13,20-21,44H,14H2. The Morgan fingerprint density at radius 2 is 1.13 bits per heavy atom. The molecule has 0 amide bonds. The third-order valence-corrected chi connectivity index (χ3v) is 6.20. The molecule has 0 fully saturated rings. The lowest BCUT2D eigenvalue weighted by atomic mass is 9.98. The Labute approximate surface area is 243 Å². The van der Waals surface area contributed by atoms with Crippen LogP contribution in [-0.2, 0) is 11.8 Å². The first-order valence-corrected chi connectivity index (χ1v) is 12.1. The van der Waals surface area contributed by atoms with Gasteiger partial charge in [-0.05, 0) is 30.3 Å². The van der Waals surface area contributed by atoms with Gasteiger partial charge in [-0.1, -0.05) is 48.5 Å². The van der Waals surface area contributed by atoms with Gasteiger partial charge in [0.15, 0.2) is 12.3 Å². The zero-order chi connectivity index (χ0) is 34.2. The number of benzene rings is 3. The van der Waals surface area contributed by atoms with Gasteiger partial charge in [-0.25, -0.2) is 0 Å². The molecule has 2 unspecified atom stereocenters. The number of anilines is 1. The van der Waals surface area contributed by atoms with Crippen LogP contribution in [0, 0.1) is 0 Å². The van der Waals surface area contributed by atoms with Gasteiger partial charge >= 0.3 is 36.3 Å². The number of halogens is 15. The Bertz CT molecular complexity index is 1440. The van der Waals surface area contributed by atoms with Crippen molar-refractivity contribution in [3.63, 3.8) is 0 Å². The Balaban J connectivity index is 2.26. The quantitative estimate of drug-likeness (QED) is 0.172. The second-order valence-electron chi connectivity index (χ2n) is 9.39. The van der Waals surface area contributed by atoms with Crippen LogP contribution in [0.1, 0.15) is 22.9 Å². The van der Waals surface area contributed by atoms with Gasteiger partial charge in [0, 0.05) is 22.4 Å². The van der Waals surface area contributed by atoms with Crippen LogP contribution in [-0.4, -0.2) is 42.2 Å². The van der Waals surface area contributed by atoms with Crippen molar-refractivity contribution in [1.82, 2.24) is 0 Å². The molecule has 2 atom stereocenters. The van der Waals surface area contributed by atoms with Gasteiger partial charge in [0.05, 0.1) is 6.54 Å². The van der Waals surface area contributed by atoms with Crippen LogP contribution in [0.2, 0.25) is 0 Å². The summed E-state index contributed by atoms with van der Waals surface area (Å²) in [7, 11) is 0. The van der Waals surface area contributed by atoms with Crippen molar-refractivity contribution in [3.8, 4) is 5.75 Å². The number of para-hydroxylation sites is 1. The molecule has 0 aliphatic carbocycles. The van der Waals surface area contributed by atoms with E-state index in [9.17, 15) is 71.0 Å². The first-order chi connectivity index (χ1) is 20.4. The van der Waals surface area contributed by atoms with Gasteiger partial charge in [0.2, 0.25) is 0 Å². The van der Waals surface area contributed by atoms with E-state index < -0.39 is 77.6 Å². The molecule has 1 N–H and O–H groups in total. The van der Waals surface area contributed by atoms with Crippen molar-refractivity contribution in [3.05, 3.63) is 95.6 Å². The molecule has 0 spiro atoms. The smallest absolute Gasteiger partial charge is 0.460 e. The minimum absolute atomic E-state index is 0.00556. The summed E-state index contributed by atoms with van der Waals surface area (Å²) in [6.45, 7) is -1.55. The zero-order valence-corrected chi connectivity index (χ0v) is 21.8. The number of ether oxygens (including phenoxy) is 1. The van der Waals surface area contributed by atoms with E-state index in [1.165, 1.54) is 18.2 Å². The predicted molar refractivity (Wildman–Crippen MR) is 127 cm³/mol. The van der Waals surface area contributed by atoms with E-state index in [1.807, 2.05) is 0 Å². The molecule has 45 heavy (non-hydrogen) atoms. The highest BCUT2D eigenvalue weighted by Crippen LogP contribution is 2.52. The van der Waals surface area contributed by atoms with Crippen molar-refractivity contribution < 1.29 is 75.7 Å². The maximum Gasteiger partial charge on any atom is 0.460 e. The van der Waals surface area contributed by atoms with E-state index in [-0.39, 0.29) is 23.9 Å². The average molecular weight is 673 g/mol.